The van der Waals surface area contributed by atoms with E-state index in [-0.39, 0.29) is 29.5 Å². The molecule has 2 atom stereocenters. The molecule has 0 fully saturated rings. The first-order chi connectivity index (χ1) is 16.7. The summed E-state index contributed by atoms with van der Waals surface area (Å²) in [4.78, 5) is 16.6. The van der Waals surface area contributed by atoms with E-state index in [9.17, 15) is 10.1 Å². The summed E-state index contributed by atoms with van der Waals surface area (Å²) in [6.45, 7) is 13.4. The molecule has 2 aromatic heterocycles. The Bertz CT molecular complexity index is 1150. The number of hydrogen-bond acceptors (Lipinski definition) is 9. The van der Waals surface area contributed by atoms with Crippen LogP contribution in [0.5, 0.6) is 6.01 Å². The third-order valence-electron chi connectivity index (χ3n) is 6.05. The Hall–Kier alpha value is -3.38. The summed E-state index contributed by atoms with van der Waals surface area (Å²) in [5.74, 6) is 0.589. The molecule has 3 aromatic rings. The van der Waals surface area contributed by atoms with Gasteiger partial charge in [-0.1, -0.05) is 38.1 Å². The first-order valence-electron chi connectivity index (χ1n) is 11.8. The van der Waals surface area contributed by atoms with Crippen LogP contribution in [0, 0.1) is 10.1 Å². The zero-order valence-electron chi connectivity index (χ0n) is 20.8. The van der Waals surface area contributed by atoms with E-state index < -0.39 is 4.92 Å². The lowest BCUT2D eigenvalue weighted by Crippen LogP contribution is -2.35. The maximum absolute atomic E-state index is 10.9. The highest BCUT2D eigenvalue weighted by atomic mass is 16.6. The molecule has 4 rings (SSSR count). The van der Waals surface area contributed by atoms with Crippen molar-refractivity contribution in [1.82, 2.24) is 34.7 Å². The zero-order chi connectivity index (χ0) is 25.2. The minimum absolute atomic E-state index is 0.0728. The molecule has 0 aliphatic carbocycles. The summed E-state index contributed by atoms with van der Waals surface area (Å²) in [6.07, 6.45) is 1.15. The lowest BCUT2D eigenvalue weighted by Gasteiger charge is -2.31. The molecule has 1 unspecified atom stereocenters. The van der Waals surface area contributed by atoms with Gasteiger partial charge >= 0.3 is 11.8 Å². The number of aromatic nitrogens is 6. The lowest BCUT2D eigenvalue weighted by molar-refractivity contribution is -0.389. The van der Waals surface area contributed by atoms with Crippen LogP contribution in [0.4, 0.5) is 5.82 Å². The highest BCUT2D eigenvalue weighted by Gasteiger charge is 2.31. The van der Waals surface area contributed by atoms with Crippen molar-refractivity contribution < 1.29 is 14.4 Å². The highest BCUT2D eigenvalue weighted by molar-refractivity contribution is 5.29. The van der Waals surface area contributed by atoms with E-state index in [2.05, 4.69) is 72.2 Å². The number of hydrogen-bond donors (Lipinski definition) is 0. The molecular weight excluding hydrogens is 452 g/mol. The van der Waals surface area contributed by atoms with Crippen LogP contribution >= 0.6 is 0 Å². The number of nitrogens with zero attached hydrogens (tertiary/aromatic N) is 8. The van der Waals surface area contributed by atoms with Crippen molar-refractivity contribution in [3.05, 3.63) is 57.5 Å². The van der Waals surface area contributed by atoms with Crippen LogP contribution < -0.4 is 4.74 Å². The van der Waals surface area contributed by atoms with Crippen molar-refractivity contribution in [2.45, 2.75) is 65.5 Å². The molecular formula is C23H32N8O4. The number of ether oxygens (including phenoxy) is 2. The molecule has 12 nitrogen and oxygen atoms in total. The van der Waals surface area contributed by atoms with Crippen LogP contribution in [0.2, 0.25) is 0 Å². The fourth-order valence-electron chi connectivity index (χ4n) is 4.22. The van der Waals surface area contributed by atoms with Crippen molar-refractivity contribution in [1.29, 1.82) is 0 Å². The van der Waals surface area contributed by atoms with Crippen molar-refractivity contribution >= 4 is 5.82 Å². The highest BCUT2D eigenvalue weighted by Crippen LogP contribution is 2.30. The van der Waals surface area contributed by atoms with E-state index in [1.165, 1.54) is 6.20 Å². The van der Waals surface area contributed by atoms with Crippen molar-refractivity contribution in [3.8, 4) is 6.01 Å². The Balaban J connectivity index is 1.47. The topological polar surface area (TPSA) is 126 Å². The van der Waals surface area contributed by atoms with Crippen LogP contribution in [0.3, 0.4) is 0 Å². The largest absolute Gasteiger partial charge is 0.443 e. The quantitative estimate of drug-likeness (QED) is 0.333. The van der Waals surface area contributed by atoms with Crippen molar-refractivity contribution in [2.75, 3.05) is 19.7 Å². The molecule has 3 heterocycles. The van der Waals surface area contributed by atoms with Gasteiger partial charge in [0.15, 0.2) is 5.82 Å². The second-order valence-corrected chi connectivity index (χ2v) is 9.52. The normalized spacial score (nSPS) is 16.7. The number of rotatable bonds is 9. The molecule has 188 valence electrons. The lowest BCUT2D eigenvalue weighted by atomic mass is 10.0. The summed E-state index contributed by atoms with van der Waals surface area (Å²) in [5, 5.41) is 23.6. The third-order valence-corrected chi connectivity index (χ3v) is 6.05. The van der Waals surface area contributed by atoms with E-state index in [0.29, 0.717) is 19.8 Å². The minimum atomic E-state index is -0.530. The van der Waals surface area contributed by atoms with E-state index >= 15 is 0 Å². The van der Waals surface area contributed by atoms with E-state index in [1.54, 1.807) is 4.57 Å². The summed E-state index contributed by atoms with van der Waals surface area (Å²) in [7, 11) is 0. The Morgan fingerprint density at radius 3 is 2.60 bits per heavy atom. The number of fused-ring (bicyclic) bond motifs is 1. The van der Waals surface area contributed by atoms with Crippen molar-refractivity contribution in [2.24, 2.45) is 0 Å². The smallest absolute Gasteiger partial charge is 0.414 e. The van der Waals surface area contributed by atoms with Crippen LogP contribution in [0.1, 0.15) is 57.6 Å². The van der Waals surface area contributed by atoms with Gasteiger partial charge in [-0.25, -0.2) is 4.68 Å². The number of imidazole rings is 1. The Morgan fingerprint density at radius 1 is 1.26 bits per heavy atom. The van der Waals surface area contributed by atoms with E-state index in [0.717, 1.165) is 30.0 Å². The summed E-state index contributed by atoms with van der Waals surface area (Å²) in [6, 6.07) is 8.47. The molecule has 0 saturated carbocycles. The SMILES string of the molecule is CCN(CC)C(c1ccc(CO[C@@H]2COc3nc([N+](=O)[O-])cn3C2)cc1)c1nnnn1C(C)(C)C. The molecule has 0 radical (unpaired) electrons. The second kappa shape index (κ2) is 10.1. The summed E-state index contributed by atoms with van der Waals surface area (Å²) < 4.78 is 15.1. The van der Waals surface area contributed by atoms with Crippen molar-refractivity contribution in [3.63, 3.8) is 0 Å². The van der Waals surface area contributed by atoms with Crippen LogP contribution in [-0.2, 0) is 23.4 Å². The van der Waals surface area contributed by atoms with Gasteiger partial charge in [0.25, 0.3) is 0 Å². The summed E-state index contributed by atoms with van der Waals surface area (Å²) in [5.41, 5.74) is 1.88. The molecule has 35 heavy (non-hydrogen) atoms. The molecule has 0 saturated heterocycles. The van der Waals surface area contributed by atoms with Crippen LogP contribution in [0.15, 0.2) is 30.5 Å². The second-order valence-electron chi connectivity index (χ2n) is 9.52. The minimum Gasteiger partial charge on any atom is -0.443 e. The molecule has 0 amide bonds. The molecule has 1 aromatic carbocycles. The Kier molecular flexibility index (Phi) is 7.13. The number of tetrazole rings is 1. The first kappa shape index (κ1) is 24.7. The average Bonchev–Trinajstić information content (AvgIpc) is 3.48. The van der Waals surface area contributed by atoms with Gasteiger partial charge in [0, 0.05) is 4.98 Å². The Morgan fingerprint density at radius 2 is 1.97 bits per heavy atom. The molecule has 12 heteroatoms. The van der Waals surface area contributed by atoms with Crippen LogP contribution in [-0.4, -0.2) is 65.4 Å². The van der Waals surface area contributed by atoms with Gasteiger partial charge < -0.3 is 19.6 Å². The zero-order valence-corrected chi connectivity index (χ0v) is 20.8. The first-order valence-corrected chi connectivity index (χ1v) is 11.8. The monoisotopic (exact) mass is 484 g/mol. The average molecular weight is 485 g/mol. The maximum atomic E-state index is 10.9. The van der Waals surface area contributed by atoms with Gasteiger partial charge in [0.2, 0.25) is 0 Å². The van der Waals surface area contributed by atoms with Crippen LogP contribution in [0.25, 0.3) is 0 Å². The van der Waals surface area contributed by atoms with Gasteiger partial charge in [-0.15, -0.1) is 5.10 Å². The van der Waals surface area contributed by atoms with Gasteiger partial charge in [-0.3, -0.25) is 9.47 Å². The number of nitro groups is 1. The predicted molar refractivity (Wildman–Crippen MR) is 127 cm³/mol. The predicted octanol–water partition coefficient (Wildman–Crippen LogP) is 2.94. The number of benzene rings is 1. The third kappa shape index (κ3) is 5.33. The van der Waals surface area contributed by atoms with Gasteiger partial charge in [-0.05, 0) is 60.3 Å². The fraction of sp³-hybridized carbons (Fsp3) is 0.565. The fourth-order valence-corrected chi connectivity index (χ4v) is 4.22. The van der Waals surface area contributed by atoms with Gasteiger partial charge in [0.1, 0.15) is 18.9 Å². The standard InChI is InChI=1S/C23H32N8O4/c1-6-28(7-2)20(21-25-26-27-30(21)23(3,4)5)17-10-8-16(9-11-17)14-34-18-12-29-13-19(31(32)33)24-22(29)35-15-18/h8-11,13,18,20H,6-7,12,14-15H2,1-5H3/t18-,20?/m0/s1. The molecule has 1 aliphatic heterocycles. The molecule has 0 bridgehead atoms. The van der Waals surface area contributed by atoms with E-state index in [1.807, 2.05) is 16.8 Å². The van der Waals surface area contributed by atoms with Gasteiger partial charge in [-0.2, -0.15) is 0 Å². The molecule has 0 spiro atoms. The Labute approximate surface area is 204 Å². The van der Waals surface area contributed by atoms with E-state index in [4.69, 9.17) is 9.47 Å². The summed E-state index contributed by atoms with van der Waals surface area (Å²) >= 11 is 0. The molecule has 1 aliphatic rings. The molecule has 0 N–H and O–H groups in total. The van der Waals surface area contributed by atoms with Gasteiger partial charge in [0.05, 0.1) is 24.7 Å². The maximum Gasteiger partial charge on any atom is 0.414 e.